The lowest BCUT2D eigenvalue weighted by molar-refractivity contribution is -0.143. The minimum atomic E-state index is -0.598. The highest BCUT2D eigenvalue weighted by atomic mass is 19.1. The highest BCUT2D eigenvalue weighted by Gasteiger charge is 2.43. The molecule has 0 unspecified atom stereocenters. The van der Waals surface area contributed by atoms with Crippen molar-refractivity contribution in [2.45, 2.75) is 50.5 Å². The van der Waals surface area contributed by atoms with E-state index in [4.69, 9.17) is 0 Å². The van der Waals surface area contributed by atoms with Crippen molar-refractivity contribution in [3.8, 4) is 0 Å². The molecule has 1 heterocycles. The number of amides is 1. The van der Waals surface area contributed by atoms with Crippen LogP contribution in [0.4, 0.5) is 4.39 Å². The molecule has 1 aromatic rings. The molecule has 1 saturated carbocycles. The molecule has 5 heteroatoms. The molecule has 2 aliphatic rings. The zero-order valence-corrected chi connectivity index (χ0v) is 13.8. The van der Waals surface area contributed by atoms with Crippen LogP contribution in [0.1, 0.15) is 55.3 Å². The monoisotopic (exact) mass is 333 g/mol. The number of piperidine rings is 1. The van der Waals surface area contributed by atoms with E-state index in [1.165, 1.54) is 24.3 Å². The van der Waals surface area contributed by atoms with E-state index in [2.05, 4.69) is 0 Å². The summed E-state index contributed by atoms with van der Waals surface area (Å²) in [5, 5.41) is 10.7. The summed E-state index contributed by atoms with van der Waals surface area (Å²) in [4.78, 5) is 26.3. The highest BCUT2D eigenvalue weighted by Crippen LogP contribution is 2.39. The number of benzene rings is 1. The second-order valence-corrected chi connectivity index (χ2v) is 7.07. The average molecular weight is 333 g/mol. The van der Waals surface area contributed by atoms with Crippen molar-refractivity contribution in [3.05, 3.63) is 35.6 Å². The van der Waals surface area contributed by atoms with Gasteiger partial charge in [0.2, 0.25) is 5.91 Å². The van der Waals surface area contributed by atoms with E-state index in [0.717, 1.165) is 25.7 Å². The molecule has 1 aliphatic heterocycles. The Balaban J connectivity index is 1.52. The number of Topliss-reactive ketones (excluding diaryl/α,β-unsaturated/α-hetero) is 1. The van der Waals surface area contributed by atoms with E-state index >= 15 is 0 Å². The lowest BCUT2D eigenvalue weighted by atomic mass is 9.71. The van der Waals surface area contributed by atoms with Gasteiger partial charge in [0.1, 0.15) is 5.82 Å². The molecule has 1 N–H and O–H groups in total. The lowest BCUT2D eigenvalue weighted by Gasteiger charge is -2.47. The number of carbonyl (C=O) groups excluding carboxylic acids is 2. The summed E-state index contributed by atoms with van der Waals surface area (Å²) in [5.74, 6) is -0.389. The Hall–Kier alpha value is -1.75. The van der Waals surface area contributed by atoms with Gasteiger partial charge in [0.05, 0.1) is 5.60 Å². The largest absolute Gasteiger partial charge is 0.389 e. The van der Waals surface area contributed by atoms with Crippen LogP contribution in [0.25, 0.3) is 0 Å². The van der Waals surface area contributed by atoms with Gasteiger partial charge in [-0.1, -0.05) is 12.8 Å². The minimum absolute atomic E-state index is 0.0296. The quantitative estimate of drug-likeness (QED) is 0.862. The Kier molecular flexibility index (Phi) is 4.99. The first kappa shape index (κ1) is 17.1. The van der Waals surface area contributed by atoms with Gasteiger partial charge >= 0.3 is 0 Å². The number of aliphatic hydroxyl groups is 1. The van der Waals surface area contributed by atoms with Gasteiger partial charge < -0.3 is 10.0 Å². The zero-order valence-electron chi connectivity index (χ0n) is 13.8. The Morgan fingerprint density at radius 2 is 1.92 bits per heavy atom. The number of fused-ring (bicyclic) bond motifs is 1. The summed E-state index contributed by atoms with van der Waals surface area (Å²) in [7, 11) is 0. The maximum Gasteiger partial charge on any atom is 0.223 e. The molecule has 0 spiro atoms. The van der Waals surface area contributed by atoms with E-state index in [1.807, 2.05) is 0 Å². The van der Waals surface area contributed by atoms with Crippen molar-refractivity contribution in [1.82, 2.24) is 4.90 Å². The second kappa shape index (κ2) is 7.01. The third-order valence-electron chi connectivity index (χ3n) is 5.51. The van der Waals surface area contributed by atoms with Crippen molar-refractivity contribution in [2.24, 2.45) is 5.92 Å². The highest BCUT2D eigenvalue weighted by molar-refractivity contribution is 5.97. The van der Waals surface area contributed by atoms with Crippen LogP contribution in [-0.4, -0.2) is 40.4 Å². The topological polar surface area (TPSA) is 57.6 Å². The fraction of sp³-hybridized carbons (Fsp3) is 0.579. The van der Waals surface area contributed by atoms with Crippen LogP contribution in [0.3, 0.4) is 0 Å². The number of nitrogens with zero attached hydrogens (tertiary/aromatic N) is 1. The molecule has 2 fully saturated rings. The van der Waals surface area contributed by atoms with Crippen LogP contribution in [0.5, 0.6) is 0 Å². The van der Waals surface area contributed by atoms with Gasteiger partial charge in [0.15, 0.2) is 5.78 Å². The van der Waals surface area contributed by atoms with Gasteiger partial charge in [-0.2, -0.15) is 0 Å². The molecule has 0 radical (unpaired) electrons. The molecular weight excluding hydrogens is 309 g/mol. The fourth-order valence-electron chi connectivity index (χ4n) is 3.96. The van der Waals surface area contributed by atoms with Crippen molar-refractivity contribution < 1.29 is 19.1 Å². The number of hydrogen-bond acceptors (Lipinski definition) is 3. The molecular formula is C19H24FNO3. The van der Waals surface area contributed by atoms with Crippen molar-refractivity contribution in [3.63, 3.8) is 0 Å². The van der Waals surface area contributed by atoms with Gasteiger partial charge in [-0.25, -0.2) is 4.39 Å². The van der Waals surface area contributed by atoms with Crippen LogP contribution in [0, 0.1) is 11.7 Å². The van der Waals surface area contributed by atoms with Gasteiger partial charge in [-0.3, -0.25) is 9.59 Å². The SMILES string of the molecule is O=C(CCC(=O)N1CC[C@@]2(O)CCCC[C@H]2C1)c1ccc(F)cc1. The summed E-state index contributed by atoms with van der Waals surface area (Å²) in [5.41, 5.74) is -0.164. The summed E-state index contributed by atoms with van der Waals surface area (Å²) in [6.07, 6.45) is 4.91. The van der Waals surface area contributed by atoms with Gasteiger partial charge in [0.25, 0.3) is 0 Å². The van der Waals surface area contributed by atoms with Crippen molar-refractivity contribution >= 4 is 11.7 Å². The van der Waals surface area contributed by atoms with E-state index in [1.54, 1.807) is 4.90 Å². The van der Waals surface area contributed by atoms with Gasteiger partial charge in [-0.15, -0.1) is 0 Å². The second-order valence-electron chi connectivity index (χ2n) is 7.07. The Labute approximate surface area is 141 Å². The van der Waals surface area contributed by atoms with Crippen LogP contribution in [-0.2, 0) is 4.79 Å². The molecule has 2 atom stereocenters. The number of hydrogen-bond donors (Lipinski definition) is 1. The third-order valence-corrected chi connectivity index (χ3v) is 5.51. The molecule has 0 aromatic heterocycles. The van der Waals surface area contributed by atoms with Crippen LogP contribution < -0.4 is 0 Å². The van der Waals surface area contributed by atoms with E-state index in [0.29, 0.717) is 25.1 Å². The summed E-state index contributed by atoms with van der Waals surface area (Å²) >= 11 is 0. The summed E-state index contributed by atoms with van der Waals surface area (Å²) in [6, 6.07) is 5.41. The molecule has 3 rings (SSSR count). The third kappa shape index (κ3) is 3.66. The predicted molar refractivity (Wildman–Crippen MR) is 88.1 cm³/mol. The average Bonchev–Trinajstić information content (AvgIpc) is 2.59. The molecule has 1 saturated heterocycles. The molecule has 4 nitrogen and oxygen atoms in total. The Morgan fingerprint density at radius 1 is 1.17 bits per heavy atom. The fourth-order valence-corrected chi connectivity index (χ4v) is 3.96. The number of rotatable bonds is 4. The standard InChI is InChI=1S/C19H24FNO3/c20-16-6-4-14(5-7-16)17(22)8-9-18(23)21-12-11-19(24)10-2-1-3-15(19)13-21/h4-7,15,24H,1-3,8-13H2/t15-,19-/m0/s1. The number of likely N-dealkylation sites (tertiary alicyclic amines) is 1. The Morgan fingerprint density at radius 3 is 2.67 bits per heavy atom. The normalized spacial score (nSPS) is 26.8. The van der Waals surface area contributed by atoms with E-state index in [-0.39, 0.29) is 36.3 Å². The smallest absolute Gasteiger partial charge is 0.223 e. The summed E-state index contributed by atoms with van der Waals surface area (Å²) in [6.45, 7) is 1.16. The number of ketones is 1. The van der Waals surface area contributed by atoms with E-state index in [9.17, 15) is 19.1 Å². The van der Waals surface area contributed by atoms with E-state index < -0.39 is 5.60 Å². The molecule has 1 aromatic carbocycles. The summed E-state index contributed by atoms with van der Waals surface area (Å²) < 4.78 is 12.9. The first-order valence-corrected chi connectivity index (χ1v) is 8.77. The molecule has 0 bridgehead atoms. The lowest BCUT2D eigenvalue weighted by Crippen LogP contribution is -2.54. The first-order valence-electron chi connectivity index (χ1n) is 8.77. The Bertz CT molecular complexity index is 616. The predicted octanol–water partition coefficient (Wildman–Crippen LogP) is 2.94. The molecule has 130 valence electrons. The number of halogens is 1. The zero-order chi connectivity index (χ0) is 17.2. The van der Waals surface area contributed by atoms with Crippen molar-refractivity contribution in [2.75, 3.05) is 13.1 Å². The first-order chi connectivity index (χ1) is 11.5. The molecule has 1 aliphatic carbocycles. The van der Waals surface area contributed by atoms with Gasteiger partial charge in [0, 0.05) is 37.4 Å². The van der Waals surface area contributed by atoms with Gasteiger partial charge in [-0.05, 0) is 43.5 Å². The van der Waals surface area contributed by atoms with Crippen LogP contribution in [0.2, 0.25) is 0 Å². The maximum absolute atomic E-state index is 12.9. The van der Waals surface area contributed by atoms with Crippen molar-refractivity contribution in [1.29, 1.82) is 0 Å². The maximum atomic E-state index is 12.9. The molecule has 24 heavy (non-hydrogen) atoms. The number of carbonyl (C=O) groups is 2. The molecule has 1 amide bonds. The van der Waals surface area contributed by atoms with Crippen LogP contribution >= 0.6 is 0 Å². The van der Waals surface area contributed by atoms with Crippen LogP contribution in [0.15, 0.2) is 24.3 Å². The minimum Gasteiger partial charge on any atom is -0.389 e.